The summed E-state index contributed by atoms with van der Waals surface area (Å²) < 4.78 is 5.54. The maximum atomic E-state index is 11.3. The predicted molar refractivity (Wildman–Crippen MR) is 97.6 cm³/mol. The molecule has 4 heteroatoms. The van der Waals surface area contributed by atoms with Gasteiger partial charge < -0.3 is 4.74 Å². The topological polar surface area (TPSA) is 44.8 Å². The molecule has 0 saturated carbocycles. The Hall–Kier alpha value is -2.33. The number of aryl methyl sites for hydroxylation is 2. The van der Waals surface area contributed by atoms with Gasteiger partial charge >= 0.3 is 5.97 Å². The van der Waals surface area contributed by atoms with Gasteiger partial charge in [-0.15, -0.1) is 0 Å². The number of fused-ring (bicyclic) bond motifs is 3. The molecule has 0 radical (unpaired) electrons. The van der Waals surface area contributed by atoms with Crippen LogP contribution >= 0.6 is 0 Å². The molecule has 2 aromatic rings. The molecule has 2 bridgehead atoms. The van der Waals surface area contributed by atoms with E-state index in [4.69, 9.17) is 9.62 Å². The van der Waals surface area contributed by atoms with Gasteiger partial charge in [-0.05, 0) is 75.1 Å². The van der Waals surface area contributed by atoms with E-state index in [-0.39, 0.29) is 0 Å². The molecule has 4 rings (SSSR count). The molecule has 0 aliphatic carbocycles. The van der Waals surface area contributed by atoms with Crippen LogP contribution in [0.5, 0.6) is 5.75 Å². The Morgan fingerprint density at radius 3 is 2.32 bits per heavy atom. The van der Waals surface area contributed by atoms with Crippen molar-refractivity contribution in [2.45, 2.75) is 53.2 Å². The number of carbonyl (C=O) groups excluding carboxylic acids is 1. The Kier molecular flexibility index (Phi) is 6.21. The molecule has 2 aliphatic rings. The summed E-state index contributed by atoms with van der Waals surface area (Å²) in [5.41, 5.74) is 3.95. The summed E-state index contributed by atoms with van der Waals surface area (Å²) in [5, 5.41) is 0. The lowest BCUT2D eigenvalue weighted by atomic mass is 10.0. The van der Waals surface area contributed by atoms with Gasteiger partial charge in [-0.3, -0.25) is 4.89 Å². The standard InChI is InChI=1S/C11H14O3.C10H12O/c1-11(2,3)14-13-10(12)9-7-5-4-6-8-9;1-3-9-5-8-4-7(2)10(9)11-6-8/h4-8H,1-3H3;4-5H,3,6H2,1-2H3. The molecular weight excluding hydrogens is 316 g/mol. The largest absolute Gasteiger partial charge is 0.488 e. The van der Waals surface area contributed by atoms with Crippen LogP contribution in [-0.2, 0) is 22.8 Å². The first-order valence-corrected chi connectivity index (χ1v) is 8.50. The van der Waals surface area contributed by atoms with Crippen LogP contribution in [0.25, 0.3) is 0 Å². The molecule has 2 aromatic carbocycles. The average molecular weight is 342 g/mol. The maximum absolute atomic E-state index is 11.3. The number of carbonyl (C=O) groups is 1. The zero-order valence-electron chi connectivity index (χ0n) is 15.6. The minimum Gasteiger partial charge on any atom is -0.488 e. The zero-order chi connectivity index (χ0) is 18.4. The molecule has 0 aromatic heterocycles. The van der Waals surface area contributed by atoms with Crippen molar-refractivity contribution in [3.05, 3.63) is 64.7 Å². The Morgan fingerprint density at radius 2 is 1.84 bits per heavy atom. The van der Waals surface area contributed by atoms with Gasteiger partial charge in [0.15, 0.2) is 0 Å². The van der Waals surface area contributed by atoms with Gasteiger partial charge in [0.1, 0.15) is 18.0 Å². The van der Waals surface area contributed by atoms with Gasteiger partial charge in [0.05, 0.1) is 5.56 Å². The van der Waals surface area contributed by atoms with E-state index in [0.29, 0.717) is 5.56 Å². The monoisotopic (exact) mass is 342 g/mol. The molecule has 25 heavy (non-hydrogen) atoms. The molecule has 0 N–H and O–H groups in total. The zero-order valence-corrected chi connectivity index (χ0v) is 15.6. The highest BCUT2D eigenvalue weighted by atomic mass is 17.2. The van der Waals surface area contributed by atoms with Crippen LogP contribution in [0.15, 0.2) is 42.5 Å². The minimum atomic E-state index is -0.482. The number of benzene rings is 2. The molecule has 0 unspecified atom stereocenters. The second-order valence-corrected chi connectivity index (χ2v) is 6.98. The molecule has 0 fully saturated rings. The summed E-state index contributed by atoms with van der Waals surface area (Å²) in [6.45, 7) is 10.5. The van der Waals surface area contributed by atoms with Gasteiger partial charge in [-0.25, -0.2) is 4.79 Å². The Balaban J connectivity index is 0.000000185. The molecular formula is C21H26O4. The highest BCUT2D eigenvalue weighted by Gasteiger charge is 2.16. The fourth-order valence-corrected chi connectivity index (χ4v) is 2.42. The second kappa shape index (κ2) is 8.17. The second-order valence-electron chi connectivity index (χ2n) is 6.98. The normalized spacial score (nSPS) is 12.0. The molecule has 0 amide bonds. The fourth-order valence-electron chi connectivity index (χ4n) is 2.42. The number of hydrogen-bond donors (Lipinski definition) is 0. The van der Waals surface area contributed by atoms with Crippen LogP contribution in [0, 0.1) is 6.92 Å². The van der Waals surface area contributed by atoms with Crippen molar-refractivity contribution in [2.24, 2.45) is 0 Å². The molecule has 4 nitrogen and oxygen atoms in total. The summed E-state index contributed by atoms with van der Waals surface area (Å²) in [6, 6.07) is 13.2. The van der Waals surface area contributed by atoms with Crippen molar-refractivity contribution in [1.82, 2.24) is 0 Å². The van der Waals surface area contributed by atoms with E-state index < -0.39 is 11.6 Å². The highest BCUT2D eigenvalue weighted by molar-refractivity contribution is 5.88. The fraction of sp³-hybridized carbons (Fsp3) is 0.381. The number of hydrogen-bond acceptors (Lipinski definition) is 4. The predicted octanol–water partition coefficient (Wildman–Crippen LogP) is 5.02. The Morgan fingerprint density at radius 1 is 1.16 bits per heavy atom. The average Bonchev–Trinajstić information content (AvgIpc) is 2.60. The molecule has 0 spiro atoms. The van der Waals surface area contributed by atoms with Crippen LogP contribution in [0.3, 0.4) is 0 Å². The van der Waals surface area contributed by atoms with Gasteiger partial charge in [-0.2, -0.15) is 4.89 Å². The van der Waals surface area contributed by atoms with E-state index >= 15 is 0 Å². The first-order chi connectivity index (χ1) is 11.8. The summed E-state index contributed by atoms with van der Waals surface area (Å²) in [5.74, 6) is 0.642. The molecule has 2 heterocycles. The maximum Gasteiger partial charge on any atom is 0.373 e. The smallest absolute Gasteiger partial charge is 0.373 e. The van der Waals surface area contributed by atoms with Crippen molar-refractivity contribution in [2.75, 3.05) is 0 Å². The summed E-state index contributed by atoms with van der Waals surface area (Å²) in [6.07, 6.45) is 1.07. The lowest BCUT2D eigenvalue weighted by Crippen LogP contribution is -2.21. The van der Waals surface area contributed by atoms with Crippen LogP contribution in [0.1, 0.15) is 54.7 Å². The van der Waals surface area contributed by atoms with Gasteiger partial charge in [0.25, 0.3) is 0 Å². The molecule has 0 atom stereocenters. The lowest BCUT2D eigenvalue weighted by molar-refractivity contribution is -0.301. The number of ether oxygens (including phenoxy) is 1. The number of rotatable bonds is 3. The van der Waals surface area contributed by atoms with Gasteiger partial charge in [0.2, 0.25) is 0 Å². The van der Waals surface area contributed by atoms with Crippen LogP contribution < -0.4 is 4.74 Å². The van der Waals surface area contributed by atoms with E-state index in [9.17, 15) is 4.79 Å². The minimum absolute atomic E-state index is 0.472. The van der Waals surface area contributed by atoms with E-state index in [1.54, 1.807) is 24.3 Å². The van der Waals surface area contributed by atoms with Crippen molar-refractivity contribution in [3.8, 4) is 5.75 Å². The molecule has 2 aliphatic heterocycles. The van der Waals surface area contributed by atoms with Crippen molar-refractivity contribution < 1.29 is 19.3 Å². The lowest BCUT2D eigenvalue weighted by Gasteiger charge is -2.20. The first kappa shape index (κ1) is 19.0. The SMILES string of the molecule is CC(C)(C)OOC(=O)c1ccccc1.CCc1cc2cc(C)c1OC2. The molecule has 134 valence electrons. The summed E-state index contributed by atoms with van der Waals surface area (Å²) >= 11 is 0. The Bertz CT molecular complexity index is 715. The Labute approximate surface area is 149 Å². The van der Waals surface area contributed by atoms with Crippen LogP contribution in [0.2, 0.25) is 0 Å². The van der Waals surface area contributed by atoms with Crippen molar-refractivity contribution in [1.29, 1.82) is 0 Å². The van der Waals surface area contributed by atoms with E-state index in [1.165, 1.54) is 16.7 Å². The third kappa shape index (κ3) is 5.61. The van der Waals surface area contributed by atoms with E-state index in [2.05, 4.69) is 30.9 Å². The highest BCUT2D eigenvalue weighted by Crippen LogP contribution is 2.31. The van der Waals surface area contributed by atoms with Crippen LogP contribution in [0.4, 0.5) is 0 Å². The molecule has 0 saturated heterocycles. The van der Waals surface area contributed by atoms with Crippen LogP contribution in [-0.4, -0.2) is 11.6 Å². The van der Waals surface area contributed by atoms with Gasteiger partial charge in [-0.1, -0.05) is 25.1 Å². The third-order valence-electron chi connectivity index (χ3n) is 3.55. The third-order valence-corrected chi connectivity index (χ3v) is 3.55. The first-order valence-electron chi connectivity index (χ1n) is 8.50. The van der Waals surface area contributed by atoms with E-state index in [0.717, 1.165) is 18.8 Å². The summed E-state index contributed by atoms with van der Waals surface area (Å²) in [4.78, 5) is 20.9. The van der Waals surface area contributed by atoms with Crippen molar-refractivity contribution in [3.63, 3.8) is 0 Å². The van der Waals surface area contributed by atoms with Crippen molar-refractivity contribution >= 4 is 5.97 Å². The van der Waals surface area contributed by atoms with Gasteiger partial charge in [0, 0.05) is 0 Å². The summed E-state index contributed by atoms with van der Waals surface area (Å²) in [7, 11) is 0. The quantitative estimate of drug-likeness (QED) is 0.580. The van der Waals surface area contributed by atoms with E-state index in [1.807, 2.05) is 26.8 Å².